The number of ether oxygens (including phenoxy) is 2. The molecule has 1 atom stereocenters. The maximum absolute atomic E-state index is 12.8. The molecule has 0 saturated heterocycles. The van der Waals surface area contributed by atoms with E-state index in [0.717, 1.165) is 50.5 Å². The number of carbonyl (C=O) groups excluding carboxylic acids is 1. The molecule has 0 spiro atoms. The number of carbonyl (C=O) groups is 1. The van der Waals surface area contributed by atoms with Gasteiger partial charge < -0.3 is 9.47 Å². The van der Waals surface area contributed by atoms with E-state index in [0.29, 0.717) is 29.7 Å². The SMILES string of the molecule is CCCCOCCC[C@@H](CC(=O)OC(C)(C)C)c1nnn(C2CC(CC(C)(C)C(C)C)C2)c1C1CC1. The highest BCUT2D eigenvalue weighted by atomic mass is 16.6. The van der Waals surface area contributed by atoms with Gasteiger partial charge in [-0.2, -0.15) is 0 Å². The predicted octanol–water partition coefficient (Wildman–Crippen LogP) is 7.59. The van der Waals surface area contributed by atoms with Crippen LogP contribution in [0.25, 0.3) is 0 Å². The van der Waals surface area contributed by atoms with Crippen LogP contribution in [0.4, 0.5) is 0 Å². The van der Waals surface area contributed by atoms with E-state index in [-0.39, 0.29) is 11.9 Å². The molecule has 0 bridgehead atoms. The molecule has 3 rings (SSSR count). The average molecular weight is 504 g/mol. The number of aromatic nitrogens is 3. The minimum absolute atomic E-state index is 0.0368. The molecule has 2 aliphatic rings. The summed E-state index contributed by atoms with van der Waals surface area (Å²) in [4.78, 5) is 12.8. The number of hydrogen-bond donors (Lipinski definition) is 0. The molecule has 2 saturated carbocycles. The summed E-state index contributed by atoms with van der Waals surface area (Å²) in [5.41, 5.74) is 2.25. The first-order valence-electron chi connectivity index (χ1n) is 14.7. The first kappa shape index (κ1) is 29.1. The van der Waals surface area contributed by atoms with E-state index in [1.807, 2.05) is 20.8 Å². The van der Waals surface area contributed by atoms with E-state index < -0.39 is 5.60 Å². The molecule has 206 valence electrons. The van der Waals surface area contributed by atoms with Crippen LogP contribution < -0.4 is 0 Å². The van der Waals surface area contributed by atoms with Gasteiger partial charge >= 0.3 is 5.97 Å². The molecule has 0 amide bonds. The van der Waals surface area contributed by atoms with E-state index in [1.54, 1.807) is 0 Å². The molecule has 6 heteroatoms. The number of esters is 1. The molecule has 0 N–H and O–H groups in total. The maximum Gasteiger partial charge on any atom is 0.306 e. The van der Waals surface area contributed by atoms with Gasteiger partial charge in [0.1, 0.15) is 5.60 Å². The smallest absolute Gasteiger partial charge is 0.306 e. The Morgan fingerprint density at radius 1 is 1.08 bits per heavy atom. The minimum Gasteiger partial charge on any atom is -0.460 e. The molecule has 1 aromatic heterocycles. The van der Waals surface area contributed by atoms with E-state index in [9.17, 15) is 4.79 Å². The highest BCUT2D eigenvalue weighted by molar-refractivity contribution is 5.71. The second-order valence-electron chi connectivity index (χ2n) is 13.5. The summed E-state index contributed by atoms with van der Waals surface area (Å²) >= 11 is 0. The van der Waals surface area contributed by atoms with Crippen molar-refractivity contribution in [2.75, 3.05) is 13.2 Å². The van der Waals surface area contributed by atoms with Gasteiger partial charge in [0.05, 0.1) is 23.9 Å². The van der Waals surface area contributed by atoms with Crippen molar-refractivity contribution in [2.45, 2.75) is 143 Å². The number of hydrogen-bond acceptors (Lipinski definition) is 5. The molecule has 1 heterocycles. The molecule has 6 nitrogen and oxygen atoms in total. The Hall–Kier alpha value is -1.43. The van der Waals surface area contributed by atoms with Crippen molar-refractivity contribution in [3.63, 3.8) is 0 Å². The van der Waals surface area contributed by atoms with Crippen molar-refractivity contribution in [3.8, 4) is 0 Å². The van der Waals surface area contributed by atoms with Crippen LogP contribution in [0.2, 0.25) is 0 Å². The number of unbranched alkanes of at least 4 members (excludes halogenated alkanes) is 1. The van der Waals surface area contributed by atoms with Gasteiger partial charge in [0.2, 0.25) is 0 Å². The van der Waals surface area contributed by atoms with Gasteiger partial charge in [0, 0.05) is 25.0 Å². The van der Waals surface area contributed by atoms with Crippen molar-refractivity contribution in [1.82, 2.24) is 15.0 Å². The zero-order valence-corrected chi connectivity index (χ0v) is 24.4. The second kappa shape index (κ2) is 12.4. The van der Waals surface area contributed by atoms with Gasteiger partial charge in [0.25, 0.3) is 0 Å². The summed E-state index contributed by atoms with van der Waals surface area (Å²) in [5, 5.41) is 9.47. The van der Waals surface area contributed by atoms with Crippen LogP contribution in [0.5, 0.6) is 0 Å². The van der Waals surface area contributed by atoms with Crippen LogP contribution in [0.3, 0.4) is 0 Å². The van der Waals surface area contributed by atoms with Gasteiger partial charge in [-0.05, 0) is 89.4 Å². The highest BCUT2D eigenvalue weighted by Crippen LogP contribution is 2.50. The van der Waals surface area contributed by atoms with E-state index in [1.165, 1.54) is 37.8 Å². The van der Waals surface area contributed by atoms with Crippen LogP contribution in [-0.4, -0.2) is 39.8 Å². The van der Waals surface area contributed by atoms with Crippen LogP contribution in [0.15, 0.2) is 0 Å². The zero-order valence-electron chi connectivity index (χ0n) is 24.4. The predicted molar refractivity (Wildman–Crippen MR) is 145 cm³/mol. The van der Waals surface area contributed by atoms with Crippen molar-refractivity contribution in [1.29, 1.82) is 0 Å². The normalized spacial score (nSPS) is 21.5. The molecular weight excluding hydrogens is 450 g/mol. The summed E-state index contributed by atoms with van der Waals surface area (Å²) < 4.78 is 13.8. The quantitative estimate of drug-likeness (QED) is 0.182. The second-order valence-corrected chi connectivity index (χ2v) is 13.5. The largest absolute Gasteiger partial charge is 0.460 e. The topological polar surface area (TPSA) is 66.2 Å². The fourth-order valence-electron chi connectivity index (χ4n) is 5.37. The number of rotatable bonds is 15. The van der Waals surface area contributed by atoms with Crippen LogP contribution in [0, 0.1) is 17.3 Å². The molecule has 2 fully saturated rings. The van der Waals surface area contributed by atoms with Gasteiger partial charge in [-0.1, -0.05) is 46.3 Å². The van der Waals surface area contributed by atoms with Crippen molar-refractivity contribution < 1.29 is 14.3 Å². The summed E-state index contributed by atoms with van der Waals surface area (Å²) in [6, 6.07) is 0.453. The molecule has 1 aromatic rings. The van der Waals surface area contributed by atoms with Crippen molar-refractivity contribution in [2.24, 2.45) is 17.3 Å². The Morgan fingerprint density at radius 3 is 2.33 bits per heavy atom. The highest BCUT2D eigenvalue weighted by Gasteiger charge is 2.41. The summed E-state index contributed by atoms with van der Waals surface area (Å²) in [6.07, 6.45) is 10.5. The lowest BCUT2D eigenvalue weighted by molar-refractivity contribution is -0.155. The van der Waals surface area contributed by atoms with Gasteiger partial charge in [0.15, 0.2) is 0 Å². The third-order valence-corrected chi connectivity index (χ3v) is 8.36. The molecule has 0 aromatic carbocycles. The van der Waals surface area contributed by atoms with E-state index >= 15 is 0 Å². The number of nitrogens with zero attached hydrogens (tertiary/aromatic N) is 3. The maximum atomic E-state index is 12.8. The lowest BCUT2D eigenvalue weighted by atomic mass is 9.67. The fraction of sp³-hybridized carbons (Fsp3) is 0.900. The monoisotopic (exact) mass is 503 g/mol. The third-order valence-electron chi connectivity index (χ3n) is 8.36. The average Bonchev–Trinajstić information content (AvgIpc) is 3.49. The molecular formula is C30H53N3O3. The molecule has 2 aliphatic carbocycles. The lowest BCUT2D eigenvalue weighted by Crippen LogP contribution is -2.33. The summed E-state index contributed by atoms with van der Waals surface area (Å²) in [7, 11) is 0. The molecule has 0 radical (unpaired) electrons. The van der Waals surface area contributed by atoms with Gasteiger partial charge in [-0.3, -0.25) is 4.79 Å². The summed E-state index contributed by atoms with van der Waals surface area (Å²) in [6.45, 7) is 19.0. The van der Waals surface area contributed by atoms with Gasteiger partial charge in [-0.15, -0.1) is 5.10 Å². The molecule has 36 heavy (non-hydrogen) atoms. The molecule has 0 aliphatic heterocycles. The van der Waals surface area contributed by atoms with Crippen LogP contribution >= 0.6 is 0 Å². The van der Waals surface area contributed by atoms with E-state index in [4.69, 9.17) is 19.8 Å². The fourth-order valence-corrected chi connectivity index (χ4v) is 5.37. The Morgan fingerprint density at radius 2 is 1.75 bits per heavy atom. The summed E-state index contributed by atoms with van der Waals surface area (Å²) in [5.74, 6) is 1.90. The minimum atomic E-state index is -0.480. The third kappa shape index (κ3) is 8.29. The zero-order chi connectivity index (χ0) is 26.5. The Labute approximate surface area is 220 Å². The lowest BCUT2D eigenvalue weighted by Gasteiger charge is -2.42. The van der Waals surface area contributed by atoms with E-state index in [2.05, 4.69) is 39.3 Å². The van der Waals surface area contributed by atoms with Crippen LogP contribution in [0.1, 0.15) is 149 Å². The first-order chi connectivity index (χ1) is 16.9. The standard InChI is InChI=1S/C30H53N3O3/c1-9-10-15-35-16-11-12-24(19-26(34)36-29(4,5)6)27-28(23-13-14-23)33(32-31-27)25-17-22(18-25)20-30(7,8)21(2)3/h21-25H,9-20H2,1-8H3/t22?,24-,25?/m0/s1. The Balaban J connectivity index is 1.70. The van der Waals surface area contributed by atoms with Gasteiger partial charge in [-0.25, -0.2) is 4.68 Å². The van der Waals surface area contributed by atoms with Crippen molar-refractivity contribution in [3.05, 3.63) is 11.4 Å². The van der Waals surface area contributed by atoms with Crippen molar-refractivity contribution >= 4 is 5.97 Å². The first-order valence-corrected chi connectivity index (χ1v) is 14.7. The Kier molecular flexibility index (Phi) is 10.0. The Bertz CT molecular complexity index is 829. The van der Waals surface area contributed by atoms with Crippen LogP contribution in [-0.2, 0) is 14.3 Å². The molecule has 0 unspecified atom stereocenters.